The molecule has 1 saturated heterocycles. The Morgan fingerprint density at radius 1 is 0.964 bits per heavy atom. The fraction of sp³-hybridized carbons (Fsp3) is 0.273. The zero-order valence-electron chi connectivity index (χ0n) is 15.8. The molecule has 3 aromatic rings. The van der Waals surface area contributed by atoms with E-state index in [1.165, 1.54) is 35.9 Å². The summed E-state index contributed by atoms with van der Waals surface area (Å²) in [6.07, 6.45) is 4.73. The first-order chi connectivity index (χ1) is 13.5. The zero-order chi connectivity index (χ0) is 20.1. The lowest BCUT2D eigenvalue weighted by molar-refractivity contribution is 0.0696. The van der Waals surface area contributed by atoms with Crippen LogP contribution < -0.4 is 5.32 Å². The Bertz CT molecular complexity index is 955. The van der Waals surface area contributed by atoms with Gasteiger partial charge in [0.2, 0.25) is 0 Å². The molecule has 2 aromatic carbocycles. The molecule has 0 atom stereocenters. The molecule has 28 heavy (non-hydrogen) atoms. The van der Waals surface area contributed by atoms with Crippen LogP contribution in [0.1, 0.15) is 45.2 Å². The van der Waals surface area contributed by atoms with Gasteiger partial charge in [-0.1, -0.05) is 18.2 Å². The molecule has 1 aliphatic rings. The van der Waals surface area contributed by atoms with Gasteiger partial charge in [-0.2, -0.15) is 0 Å². The average Bonchev–Trinajstić information content (AvgIpc) is 3.13. The summed E-state index contributed by atoms with van der Waals surface area (Å²) in [4.78, 5) is 21.1. The normalized spacial score (nSPS) is 14.3. The molecule has 0 radical (unpaired) electrons. The Labute approximate surface area is 163 Å². The molecular formula is C22H24N2O4. The minimum Gasteiger partial charge on any atom is -0.478 e. The number of aromatic carboxylic acids is 2. The molecule has 3 N–H and O–H groups in total. The van der Waals surface area contributed by atoms with Crippen molar-refractivity contribution in [3.05, 3.63) is 71.4 Å². The van der Waals surface area contributed by atoms with Crippen LogP contribution in [0.5, 0.6) is 0 Å². The quantitative estimate of drug-likeness (QED) is 0.640. The second-order valence-corrected chi connectivity index (χ2v) is 6.96. The predicted octanol–water partition coefficient (Wildman–Crippen LogP) is 3.96. The monoisotopic (exact) mass is 380 g/mol. The van der Waals surface area contributed by atoms with Gasteiger partial charge in [-0.05, 0) is 74.1 Å². The van der Waals surface area contributed by atoms with E-state index in [1.54, 1.807) is 6.92 Å². The SMILES string of the molecule is Cc1cc(C(=O)O)cc(C(=O)O)c1.c1ccc2c(c1)ccn2C1CCNCC1. The molecule has 6 heteroatoms. The van der Waals surface area contributed by atoms with Gasteiger partial charge >= 0.3 is 11.9 Å². The van der Waals surface area contributed by atoms with Crippen LogP contribution >= 0.6 is 0 Å². The molecule has 6 nitrogen and oxygen atoms in total. The van der Waals surface area contributed by atoms with Crippen molar-refractivity contribution in [2.45, 2.75) is 25.8 Å². The van der Waals surface area contributed by atoms with Gasteiger partial charge < -0.3 is 20.1 Å². The Kier molecular flexibility index (Phi) is 6.11. The number of nitrogens with one attached hydrogen (secondary N) is 1. The van der Waals surface area contributed by atoms with E-state index >= 15 is 0 Å². The van der Waals surface area contributed by atoms with E-state index in [-0.39, 0.29) is 11.1 Å². The molecule has 1 aliphatic heterocycles. The molecule has 0 aliphatic carbocycles. The number of benzene rings is 2. The maximum atomic E-state index is 10.5. The van der Waals surface area contributed by atoms with Crippen LogP contribution in [0.4, 0.5) is 0 Å². The van der Waals surface area contributed by atoms with E-state index < -0.39 is 11.9 Å². The van der Waals surface area contributed by atoms with E-state index in [4.69, 9.17) is 10.2 Å². The highest BCUT2D eigenvalue weighted by Gasteiger charge is 2.15. The highest BCUT2D eigenvalue weighted by atomic mass is 16.4. The van der Waals surface area contributed by atoms with Crippen LogP contribution in [-0.2, 0) is 0 Å². The molecule has 0 amide bonds. The lowest BCUT2D eigenvalue weighted by atomic mass is 10.1. The Hall–Kier alpha value is -3.12. The van der Waals surface area contributed by atoms with Gasteiger partial charge in [-0.3, -0.25) is 0 Å². The fourth-order valence-electron chi connectivity index (χ4n) is 3.54. The number of carboxylic acids is 2. The van der Waals surface area contributed by atoms with Gasteiger partial charge in [0, 0.05) is 17.8 Å². The average molecular weight is 380 g/mol. The number of fused-ring (bicyclic) bond motifs is 1. The van der Waals surface area contributed by atoms with Crippen molar-refractivity contribution in [2.75, 3.05) is 13.1 Å². The molecule has 0 spiro atoms. The first-order valence-electron chi connectivity index (χ1n) is 9.30. The van der Waals surface area contributed by atoms with Crippen LogP contribution in [0.15, 0.2) is 54.7 Å². The van der Waals surface area contributed by atoms with Gasteiger partial charge in [-0.15, -0.1) is 0 Å². The lowest BCUT2D eigenvalue weighted by Crippen LogP contribution is -2.29. The first kappa shape index (κ1) is 19.6. The van der Waals surface area contributed by atoms with Gasteiger partial charge in [-0.25, -0.2) is 9.59 Å². The number of aryl methyl sites for hydroxylation is 1. The maximum Gasteiger partial charge on any atom is 0.335 e. The van der Waals surface area contributed by atoms with Crippen LogP contribution in [0.2, 0.25) is 0 Å². The molecule has 0 unspecified atom stereocenters. The number of piperidine rings is 1. The molecule has 2 heterocycles. The summed E-state index contributed by atoms with van der Waals surface area (Å²) in [5, 5.41) is 22.0. The Morgan fingerprint density at radius 2 is 1.57 bits per heavy atom. The molecule has 146 valence electrons. The zero-order valence-corrected chi connectivity index (χ0v) is 15.8. The second-order valence-electron chi connectivity index (χ2n) is 6.96. The number of hydrogen-bond donors (Lipinski definition) is 3. The third-order valence-corrected chi connectivity index (χ3v) is 4.90. The van der Waals surface area contributed by atoms with Crippen LogP contribution in [0.3, 0.4) is 0 Å². The van der Waals surface area contributed by atoms with Crippen molar-refractivity contribution in [3.8, 4) is 0 Å². The van der Waals surface area contributed by atoms with Crippen molar-refractivity contribution in [1.29, 1.82) is 0 Å². The van der Waals surface area contributed by atoms with E-state index in [0.717, 1.165) is 19.2 Å². The summed E-state index contributed by atoms with van der Waals surface area (Å²) in [6, 6.07) is 15.5. The fourth-order valence-corrected chi connectivity index (χ4v) is 3.54. The van der Waals surface area contributed by atoms with Gasteiger partial charge in [0.05, 0.1) is 11.1 Å². The molecular weight excluding hydrogens is 356 g/mol. The Morgan fingerprint density at radius 3 is 2.18 bits per heavy atom. The third-order valence-electron chi connectivity index (χ3n) is 4.90. The smallest absolute Gasteiger partial charge is 0.335 e. The van der Waals surface area contributed by atoms with Crippen LogP contribution in [0, 0.1) is 6.92 Å². The largest absolute Gasteiger partial charge is 0.478 e. The number of rotatable bonds is 3. The van der Waals surface area contributed by atoms with Crippen molar-refractivity contribution < 1.29 is 19.8 Å². The summed E-state index contributed by atoms with van der Waals surface area (Å²) in [5.41, 5.74) is 2.00. The van der Waals surface area contributed by atoms with E-state index in [1.807, 2.05) is 0 Å². The third kappa shape index (κ3) is 4.58. The first-order valence-corrected chi connectivity index (χ1v) is 9.30. The lowest BCUT2D eigenvalue weighted by Gasteiger charge is -2.25. The highest BCUT2D eigenvalue weighted by Crippen LogP contribution is 2.25. The molecule has 4 rings (SSSR count). The van der Waals surface area contributed by atoms with E-state index in [2.05, 4.69) is 46.4 Å². The topological polar surface area (TPSA) is 91.6 Å². The molecule has 1 fully saturated rings. The minimum absolute atomic E-state index is 0.00241. The van der Waals surface area contributed by atoms with Gasteiger partial charge in [0.15, 0.2) is 0 Å². The van der Waals surface area contributed by atoms with Crippen molar-refractivity contribution in [2.24, 2.45) is 0 Å². The van der Waals surface area contributed by atoms with Crippen molar-refractivity contribution in [1.82, 2.24) is 9.88 Å². The number of nitrogens with zero attached hydrogens (tertiary/aromatic N) is 1. The summed E-state index contributed by atoms with van der Waals surface area (Å²) in [7, 11) is 0. The summed E-state index contributed by atoms with van der Waals surface area (Å²) < 4.78 is 2.44. The number of carboxylic acid groups (broad SMARTS) is 2. The number of para-hydroxylation sites is 1. The Balaban J connectivity index is 0.000000163. The summed E-state index contributed by atoms with van der Waals surface area (Å²) >= 11 is 0. The standard InChI is InChI=1S/C13H16N2.C9H8O4/c1-2-4-13-11(3-1)7-10-15(13)12-5-8-14-9-6-12;1-5-2-6(8(10)11)4-7(3-5)9(12)13/h1-4,7,10,12,14H,5-6,8-9H2;2-4H,1H3,(H,10,11)(H,12,13). The van der Waals surface area contributed by atoms with Crippen molar-refractivity contribution >= 4 is 22.8 Å². The van der Waals surface area contributed by atoms with E-state index in [9.17, 15) is 9.59 Å². The molecule has 1 aromatic heterocycles. The molecule has 0 saturated carbocycles. The molecule has 0 bridgehead atoms. The second kappa shape index (κ2) is 8.71. The number of hydrogen-bond acceptors (Lipinski definition) is 3. The maximum absolute atomic E-state index is 10.5. The highest BCUT2D eigenvalue weighted by molar-refractivity contribution is 5.94. The van der Waals surface area contributed by atoms with Gasteiger partial charge in [0.1, 0.15) is 0 Å². The van der Waals surface area contributed by atoms with Crippen LogP contribution in [0.25, 0.3) is 10.9 Å². The van der Waals surface area contributed by atoms with Gasteiger partial charge in [0.25, 0.3) is 0 Å². The number of aromatic nitrogens is 1. The number of carbonyl (C=O) groups is 2. The van der Waals surface area contributed by atoms with E-state index in [0.29, 0.717) is 11.6 Å². The summed E-state index contributed by atoms with van der Waals surface area (Å²) in [5.74, 6) is -2.24. The van der Waals surface area contributed by atoms with Crippen molar-refractivity contribution in [3.63, 3.8) is 0 Å². The minimum atomic E-state index is -1.12. The summed E-state index contributed by atoms with van der Waals surface area (Å²) in [6.45, 7) is 3.95. The predicted molar refractivity (Wildman–Crippen MR) is 108 cm³/mol. The van der Waals surface area contributed by atoms with Crippen LogP contribution in [-0.4, -0.2) is 39.8 Å².